The van der Waals surface area contributed by atoms with Gasteiger partial charge in [-0.15, -0.1) is 0 Å². The van der Waals surface area contributed by atoms with Crippen molar-refractivity contribution in [2.24, 2.45) is 0 Å². The Labute approximate surface area is 155 Å². The van der Waals surface area contributed by atoms with Gasteiger partial charge in [-0.3, -0.25) is 9.78 Å². The third-order valence-corrected chi connectivity index (χ3v) is 3.93. The Morgan fingerprint density at radius 3 is 2.56 bits per heavy atom. The van der Waals surface area contributed by atoms with Crippen LogP contribution in [0.3, 0.4) is 0 Å². The van der Waals surface area contributed by atoms with Crippen LogP contribution in [0.4, 0.5) is 17.1 Å². The van der Waals surface area contributed by atoms with Gasteiger partial charge in [0, 0.05) is 23.6 Å². The standard InChI is InChI=1S/C20H14N4O3/c21-9-13-1-3-15(4-2-13)24-20(25)14-7-17(11-22-10-14)23-16-5-6-18-19(8-16)27-12-26-18/h1-8,10-11,23H,12H2,(H,24,25). The highest BCUT2D eigenvalue weighted by atomic mass is 16.7. The van der Waals surface area contributed by atoms with Gasteiger partial charge in [-0.1, -0.05) is 0 Å². The molecule has 4 rings (SSSR count). The van der Waals surface area contributed by atoms with Crippen LogP contribution in [0.25, 0.3) is 0 Å². The second-order valence-electron chi connectivity index (χ2n) is 5.80. The molecule has 0 saturated heterocycles. The van der Waals surface area contributed by atoms with E-state index in [-0.39, 0.29) is 12.7 Å². The molecule has 1 amide bonds. The topological polar surface area (TPSA) is 96.3 Å². The SMILES string of the molecule is N#Cc1ccc(NC(=O)c2cncc(Nc3ccc4c(c3)OCO4)c2)cc1. The molecular formula is C20H14N4O3. The predicted octanol–water partition coefficient (Wildman–Crippen LogP) is 3.68. The number of aromatic nitrogens is 1. The number of fused-ring (bicyclic) bond motifs is 1. The molecule has 0 aliphatic carbocycles. The van der Waals surface area contributed by atoms with E-state index in [0.717, 1.165) is 5.69 Å². The summed E-state index contributed by atoms with van der Waals surface area (Å²) in [5.74, 6) is 1.08. The minimum atomic E-state index is -0.290. The molecule has 2 aromatic carbocycles. The molecule has 0 fully saturated rings. The summed E-state index contributed by atoms with van der Waals surface area (Å²) in [7, 11) is 0. The van der Waals surface area contributed by atoms with E-state index in [0.29, 0.717) is 34.0 Å². The van der Waals surface area contributed by atoms with Crippen LogP contribution in [-0.4, -0.2) is 17.7 Å². The fourth-order valence-electron chi connectivity index (χ4n) is 2.60. The van der Waals surface area contributed by atoms with Crippen LogP contribution in [0, 0.1) is 11.3 Å². The van der Waals surface area contributed by atoms with E-state index in [9.17, 15) is 4.79 Å². The van der Waals surface area contributed by atoms with Crippen LogP contribution in [-0.2, 0) is 0 Å². The van der Waals surface area contributed by atoms with Gasteiger partial charge in [-0.25, -0.2) is 0 Å². The third-order valence-electron chi connectivity index (χ3n) is 3.93. The molecule has 0 radical (unpaired) electrons. The molecule has 2 heterocycles. The van der Waals surface area contributed by atoms with Crippen molar-refractivity contribution in [2.45, 2.75) is 0 Å². The summed E-state index contributed by atoms with van der Waals surface area (Å²) in [6, 6.07) is 15.9. The van der Waals surface area contributed by atoms with E-state index < -0.39 is 0 Å². The monoisotopic (exact) mass is 358 g/mol. The number of carbonyl (C=O) groups excluding carboxylic acids is 1. The summed E-state index contributed by atoms with van der Waals surface area (Å²) in [4.78, 5) is 16.6. The van der Waals surface area contributed by atoms with Crippen LogP contribution in [0.5, 0.6) is 11.5 Å². The number of hydrogen-bond acceptors (Lipinski definition) is 6. The van der Waals surface area contributed by atoms with Crippen molar-refractivity contribution in [1.82, 2.24) is 4.98 Å². The zero-order valence-electron chi connectivity index (χ0n) is 14.1. The van der Waals surface area contributed by atoms with Crippen molar-refractivity contribution in [3.05, 3.63) is 72.1 Å². The Morgan fingerprint density at radius 1 is 0.963 bits per heavy atom. The summed E-state index contributed by atoms with van der Waals surface area (Å²) in [5, 5.41) is 14.8. The Kier molecular flexibility index (Phi) is 4.29. The third kappa shape index (κ3) is 3.65. The van der Waals surface area contributed by atoms with E-state index in [1.807, 2.05) is 24.3 Å². The second-order valence-corrected chi connectivity index (χ2v) is 5.80. The quantitative estimate of drug-likeness (QED) is 0.738. The van der Waals surface area contributed by atoms with E-state index in [4.69, 9.17) is 14.7 Å². The van der Waals surface area contributed by atoms with Gasteiger partial charge in [0.15, 0.2) is 11.5 Å². The van der Waals surface area contributed by atoms with Crippen LogP contribution >= 0.6 is 0 Å². The summed E-state index contributed by atoms with van der Waals surface area (Å²) in [6.07, 6.45) is 3.12. The van der Waals surface area contributed by atoms with Crippen LogP contribution in [0.1, 0.15) is 15.9 Å². The molecule has 1 aromatic heterocycles. The first-order valence-corrected chi connectivity index (χ1v) is 8.14. The number of anilines is 3. The molecular weight excluding hydrogens is 344 g/mol. The van der Waals surface area contributed by atoms with Crippen molar-refractivity contribution in [3.8, 4) is 17.6 Å². The number of rotatable bonds is 4. The zero-order valence-corrected chi connectivity index (χ0v) is 14.1. The van der Waals surface area contributed by atoms with Gasteiger partial charge in [0.25, 0.3) is 5.91 Å². The Bertz CT molecular complexity index is 1040. The highest BCUT2D eigenvalue weighted by Gasteiger charge is 2.14. The molecule has 0 bridgehead atoms. The van der Waals surface area contributed by atoms with Crippen molar-refractivity contribution in [1.29, 1.82) is 5.26 Å². The van der Waals surface area contributed by atoms with Gasteiger partial charge < -0.3 is 20.1 Å². The van der Waals surface area contributed by atoms with Crippen LogP contribution < -0.4 is 20.1 Å². The second kappa shape index (κ2) is 7.06. The minimum absolute atomic E-state index is 0.214. The van der Waals surface area contributed by atoms with Crippen molar-refractivity contribution >= 4 is 23.0 Å². The molecule has 7 nitrogen and oxygen atoms in total. The number of pyridine rings is 1. The summed E-state index contributed by atoms with van der Waals surface area (Å²) in [5.41, 5.74) is 3.01. The van der Waals surface area contributed by atoms with E-state index in [2.05, 4.69) is 15.6 Å². The molecule has 27 heavy (non-hydrogen) atoms. The number of benzene rings is 2. The number of amides is 1. The summed E-state index contributed by atoms with van der Waals surface area (Å²) in [6.45, 7) is 0.214. The molecule has 2 N–H and O–H groups in total. The highest BCUT2D eigenvalue weighted by molar-refractivity contribution is 6.04. The number of nitrogens with zero attached hydrogens (tertiary/aromatic N) is 2. The van der Waals surface area contributed by atoms with Gasteiger partial charge in [-0.05, 0) is 42.5 Å². The first-order valence-electron chi connectivity index (χ1n) is 8.14. The first-order chi connectivity index (χ1) is 13.2. The summed E-state index contributed by atoms with van der Waals surface area (Å²) < 4.78 is 10.7. The van der Waals surface area contributed by atoms with Crippen molar-refractivity contribution in [2.75, 3.05) is 17.4 Å². The van der Waals surface area contributed by atoms with Gasteiger partial charge in [-0.2, -0.15) is 5.26 Å². The van der Waals surface area contributed by atoms with E-state index in [1.165, 1.54) is 6.20 Å². The highest BCUT2D eigenvalue weighted by Crippen LogP contribution is 2.35. The maximum Gasteiger partial charge on any atom is 0.257 e. The molecule has 1 aliphatic rings. The van der Waals surface area contributed by atoms with Gasteiger partial charge >= 0.3 is 0 Å². The molecule has 0 saturated carbocycles. The smallest absolute Gasteiger partial charge is 0.257 e. The molecule has 1 aliphatic heterocycles. The number of ether oxygens (including phenoxy) is 2. The molecule has 132 valence electrons. The molecule has 0 spiro atoms. The minimum Gasteiger partial charge on any atom is -0.454 e. The molecule has 3 aromatic rings. The first kappa shape index (κ1) is 16.4. The predicted molar refractivity (Wildman–Crippen MR) is 99.2 cm³/mol. The fourth-order valence-corrected chi connectivity index (χ4v) is 2.60. The average molecular weight is 358 g/mol. The van der Waals surface area contributed by atoms with E-state index in [1.54, 1.807) is 36.5 Å². The lowest BCUT2D eigenvalue weighted by atomic mass is 10.2. The van der Waals surface area contributed by atoms with Gasteiger partial charge in [0.2, 0.25) is 6.79 Å². The summed E-state index contributed by atoms with van der Waals surface area (Å²) >= 11 is 0. The maximum absolute atomic E-state index is 12.4. The molecule has 0 unspecified atom stereocenters. The lowest BCUT2D eigenvalue weighted by molar-refractivity contribution is 0.102. The van der Waals surface area contributed by atoms with Crippen molar-refractivity contribution in [3.63, 3.8) is 0 Å². The lowest BCUT2D eigenvalue weighted by Crippen LogP contribution is -2.12. The van der Waals surface area contributed by atoms with Crippen LogP contribution in [0.15, 0.2) is 60.9 Å². The number of carbonyl (C=O) groups is 1. The number of nitrogens with one attached hydrogen (secondary N) is 2. The lowest BCUT2D eigenvalue weighted by Gasteiger charge is -2.09. The number of hydrogen-bond donors (Lipinski definition) is 2. The van der Waals surface area contributed by atoms with Gasteiger partial charge in [0.1, 0.15) is 0 Å². The Balaban J connectivity index is 1.48. The van der Waals surface area contributed by atoms with Gasteiger partial charge in [0.05, 0.1) is 29.1 Å². The van der Waals surface area contributed by atoms with E-state index >= 15 is 0 Å². The molecule has 0 atom stereocenters. The largest absolute Gasteiger partial charge is 0.454 e. The maximum atomic E-state index is 12.4. The fraction of sp³-hybridized carbons (Fsp3) is 0.0500. The number of nitriles is 1. The van der Waals surface area contributed by atoms with Crippen molar-refractivity contribution < 1.29 is 14.3 Å². The van der Waals surface area contributed by atoms with Crippen LogP contribution in [0.2, 0.25) is 0 Å². The Morgan fingerprint density at radius 2 is 1.74 bits per heavy atom. The normalized spacial score (nSPS) is 11.5. The average Bonchev–Trinajstić information content (AvgIpc) is 3.16. The zero-order chi connectivity index (χ0) is 18.6. The Hall–Kier alpha value is -4.05. The molecule has 7 heteroatoms.